The van der Waals surface area contributed by atoms with E-state index in [2.05, 4.69) is 67.5 Å². The number of benzene rings is 1. The Morgan fingerprint density at radius 1 is 0.699 bits per heavy atom. The first kappa shape index (κ1) is 54.7. The van der Waals surface area contributed by atoms with Gasteiger partial charge in [0.1, 0.15) is 42.3 Å². The number of para-hydroxylation sites is 1. The van der Waals surface area contributed by atoms with Crippen LogP contribution in [0.3, 0.4) is 0 Å². The molecule has 394 valence electrons. The number of carboxylic acid groups (broad SMARTS) is 1. The van der Waals surface area contributed by atoms with Crippen LogP contribution in [-0.2, 0) is 62.4 Å². The first-order chi connectivity index (χ1) is 34.9. The zero-order valence-corrected chi connectivity index (χ0v) is 41.7. The van der Waals surface area contributed by atoms with Crippen molar-refractivity contribution in [3.63, 3.8) is 0 Å². The highest BCUT2D eigenvalue weighted by atomic mass is 16.4. The van der Waals surface area contributed by atoms with Crippen LogP contribution in [0.2, 0.25) is 0 Å². The van der Waals surface area contributed by atoms with Gasteiger partial charge in [-0.25, -0.2) is 14.8 Å². The second-order valence-corrected chi connectivity index (χ2v) is 19.4. The topological polar surface area (TPSA) is 346 Å². The van der Waals surface area contributed by atoms with Gasteiger partial charge in [0.05, 0.1) is 25.2 Å². The third kappa shape index (κ3) is 15.2. The Bertz CT molecular complexity index is 2560. The lowest BCUT2D eigenvalue weighted by Crippen LogP contribution is -2.60. The molecule has 3 aromatic heterocycles. The molecule has 5 heterocycles. The molecular weight excluding hydrogens is 945 g/mol. The average molecular weight is 1010 g/mol. The molecule has 6 rings (SSSR count). The summed E-state index contributed by atoms with van der Waals surface area (Å²) >= 11 is 0. The third-order valence-electron chi connectivity index (χ3n) is 12.9. The number of rotatable bonds is 25. The van der Waals surface area contributed by atoms with Crippen molar-refractivity contribution in [1.29, 1.82) is 0 Å². The number of likely N-dealkylation sites (tertiary alicyclic amines) is 1. The van der Waals surface area contributed by atoms with Gasteiger partial charge in [0.25, 0.3) is 0 Å². The molecular formula is C49H68N14O10. The Labute approximate surface area is 421 Å². The lowest BCUT2D eigenvalue weighted by molar-refractivity contribution is -0.149. The number of hydrogen-bond acceptors (Lipinski definition) is 12. The number of aromatic nitrogens is 5. The highest BCUT2D eigenvalue weighted by molar-refractivity contribution is 5.98. The molecule has 24 heteroatoms. The van der Waals surface area contributed by atoms with Gasteiger partial charge in [0.2, 0.25) is 47.3 Å². The fraction of sp³-hybridized carbons (Fsp3) is 0.531. The van der Waals surface area contributed by atoms with Crippen LogP contribution in [0.4, 0.5) is 0 Å². The minimum absolute atomic E-state index is 0.00318. The van der Waals surface area contributed by atoms with Crippen LogP contribution in [0, 0.1) is 11.8 Å². The van der Waals surface area contributed by atoms with Crippen molar-refractivity contribution in [2.75, 3.05) is 19.6 Å². The first-order valence-electron chi connectivity index (χ1n) is 24.7. The summed E-state index contributed by atoms with van der Waals surface area (Å²) in [6.45, 7) is 8.73. The van der Waals surface area contributed by atoms with Crippen molar-refractivity contribution in [1.82, 2.24) is 72.4 Å². The molecule has 73 heavy (non-hydrogen) atoms. The molecule has 0 radical (unpaired) electrons. The van der Waals surface area contributed by atoms with Gasteiger partial charge < -0.3 is 67.5 Å². The number of nitrogens with zero attached hydrogens (tertiary/aromatic N) is 3. The van der Waals surface area contributed by atoms with E-state index in [0.29, 0.717) is 36.3 Å². The Hall–Kier alpha value is -7.63. The van der Waals surface area contributed by atoms with Gasteiger partial charge in [-0.15, -0.1) is 0 Å². The predicted octanol–water partition coefficient (Wildman–Crippen LogP) is -0.783. The molecule has 2 fully saturated rings. The number of fused-ring (bicyclic) bond motifs is 1. The predicted molar refractivity (Wildman–Crippen MR) is 265 cm³/mol. The molecule has 2 saturated heterocycles. The third-order valence-corrected chi connectivity index (χ3v) is 12.9. The molecule has 2 aliphatic heterocycles. The zero-order valence-electron chi connectivity index (χ0n) is 41.7. The summed E-state index contributed by atoms with van der Waals surface area (Å²) in [5.41, 5.74) is 2.55. The SMILES string of the molecule is CC(C)CC(NC(=O)C(Cc1cnc[nH]1)NC(=O)CNC(=O)C(NC(=O)C(C)NC(=O)C(Cc1c[nH]c2ccccc12)NC(=O)C(Cc1cnc[nH]1)NC(=O)C1CCCN1)C(C)C)C(=O)N1CCCC1C(=O)O. The van der Waals surface area contributed by atoms with Crippen molar-refractivity contribution in [3.8, 4) is 0 Å². The number of aromatic amines is 3. The quantitative estimate of drug-likeness (QED) is 0.0388. The summed E-state index contributed by atoms with van der Waals surface area (Å²) < 4.78 is 0. The van der Waals surface area contributed by atoms with E-state index in [1.807, 2.05) is 38.1 Å². The maximum atomic E-state index is 14.2. The largest absolute Gasteiger partial charge is 0.480 e. The second-order valence-electron chi connectivity index (χ2n) is 19.4. The minimum Gasteiger partial charge on any atom is -0.480 e. The van der Waals surface area contributed by atoms with Gasteiger partial charge in [-0.2, -0.15) is 0 Å². The van der Waals surface area contributed by atoms with E-state index in [-0.39, 0.29) is 50.5 Å². The van der Waals surface area contributed by atoms with E-state index in [4.69, 9.17) is 0 Å². The number of aliphatic carboxylic acids is 1. The fourth-order valence-electron chi connectivity index (χ4n) is 9.00. The molecule has 8 unspecified atom stereocenters. The standard InChI is InChI=1S/C49H68N14O10/c1-26(2)16-38(48(71)63-15-9-13-39(63)49(72)73)61-45(68)36(18-30-21-50-24-55-30)58-40(64)23-54-47(70)41(27(3)4)62-42(65)28(5)57-44(67)35(17-29-20-53-33-11-7-6-10-32(29)33)59-46(69)37(19-31-22-51-25-56-31)60-43(66)34-12-8-14-52-34/h6-7,10-11,20-22,24-28,34-39,41,52-53H,8-9,12-19,23H2,1-5H3,(H,50,55)(H,51,56)(H,54,70)(H,57,67)(H,58,64)(H,59,69)(H,60,66)(H,61,68)(H,62,65)(H,72,73). The zero-order chi connectivity index (χ0) is 52.8. The van der Waals surface area contributed by atoms with Gasteiger partial charge >= 0.3 is 5.97 Å². The number of amides is 8. The number of hydrogen-bond donors (Lipinski definition) is 12. The van der Waals surface area contributed by atoms with Crippen LogP contribution in [0.25, 0.3) is 10.9 Å². The lowest BCUT2D eigenvalue weighted by Gasteiger charge is -2.29. The molecule has 2 aliphatic rings. The normalized spacial score (nSPS) is 18.0. The monoisotopic (exact) mass is 1010 g/mol. The van der Waals surface area contributed by atoms with Crippen molar-refractivity contribution in [3.05, 3.63) is 72.5 Å². The first-order valence-corrected chi connectivity index (χ1v) is 24.7. The molecule has 0 bridgehead atoms. The lowest BCUT2D eigenvalue weighted by atomic mass is 10.0. The summed E-state index contributed by atoms with van der Waals surface area (Å²) in [6, 6.07) is -1.21. The van der Waals surface area contributed by atoms with Crippen molar-refractivity contribution in [2.45, 2.75) is 134 Å². The van der Waals surface area contributed by atoms with E-state index in [1.165, 1.54) is 36.9 Å². The summed E-state index contributed by atoms with van der Waals surface area (Å²) in [4.78, 5) is 140. The number of nitrogens with one attached hydrogen (secondary N) is 11. The second kappa shape index (κ2) is 25.7. The summed E-state index contributed by atoms with van der Waals surface area (Å²) in [5.74, 6) is -6.97. The molecule has 12 N–H and O–H groups in total. The Morgan fingerprint density at radius 3 is 1.93 bits per heavy atom. The van der Waals surface area contributed by atoms with E-state index in [0.717, 1.165) is 17.3 Å². The molecule has 24 nitrogen and oxygen atoms in total. The number of carbonyl (C=O) groups excluding carboxylic acids is 8. The Morgan fingerprint density at radius 2 is 1.33 bits per heavy atom. The molecule has 0 saturated carbocycles. The van der Waals surface area contributed by atoms with E-state index < -0.39 is 108 Å². The van der Waals surface area contributed by atoms with Gasteiger partial charge in [-0.05, 0) is 69.0 Å². The van der Waals surface area contributed by atoms with Gasteiger partial charge in [0, 0.05) is 66.7 Å². The van der Waals surface area contributed by atoms with E-state index >= 15 is 0 Å². The molecule has 8 amide bonds. The van der Waals surface area contributed by atoms with Gasteiger partial charge in [0.15, 0.2) is 0 Å². The van der Waals surface area contributed by atoms with Crippen LogP contribution in [0.15, 0.2) is 55.5 Å². The average Bonchev–Trinajstić information content (AvgIpc) is 4.22. The number of carbonyl (C=O) groups is 9. The number of carboxylic acids is 1. The smallest absolute Gasteiger partial charge is 0.326 e. The van der Waals surface area contributed by atoms with Gasteiger partial charge in [-0.1, -0.05) is 45.9 Å². The Balaban J connectivity index is 1.09. The Kier molecular flexibility index (Phi) is 19.2. The van der Waals surface area contributed by atoms with Crippen LogP contribution in [0.1, 0.15) is 83.7 Å². The van der Waals surface area contributed by atoms with Crippen molar-refractivity contribution >= 4 is 64.1 Å². The molecule has 0 aliphatic carbocycles. The molecule has 0 spiro atoms. The van der Waals surface area contributed by atoms with Crippen molar-refractivity contribution in [2.24, 2.45) is 11.8 Å². The van der Waals surface area contributed by atoms with Crippen LogP contribution < -0.4 is 42.5 Å². The minimum atomic E-state index is -1.26. The number of H-pyrrole nitrogens is 3. The van der Waals surface area contributed by atoms with Crippen LogP contribution in [0.5, 0.6) is 0 Å². The summed E-state index contributed by atoms with van der Waals surface area (Å²) in [7, 11) is 0. The molecule has 1 aromatic carbocycles. The number of imidazole rings is 2. The maximum Gasteiger partial charge on any atom is 0.326 e. The molecule has 8 atom stereocenters. The van der Waals surface area contributed by atoms with Crippen LogP contribution >= 0.6 is 0 Å². The highest BCUT2D eigenvalue weighted by Gasteiger charge is 2.39. The van der Waals surface area contributed by atoms with Crippen molar-refractivity contribution < 1.29 is 48.3 Å². The van der Waals surface area contributed by atoms with E-state index in [9.17, 15) is 48.3 Å². The summed E-state index contributed by atoms with van der Waals surface area (Å²) in [6.07, 6.45) is 9.92. The highest BCUT2D eigenvalue weighted by Crippen LogP contribution is 2.22. The van der Waals surface area contributed by atoms with Crippen LogP contribution in [-0.4, -0.2) is 156 Å². The van der Waals surface area contributed by atoms with Gasteiger partial charge in [-0.3, -0.25) is 38.4 Å². The summed E-state index contributed by atoms with van der Waals surface area (Å²) in [5, 5.41) is 32.5. The maximum absolute atomic E-state index is 14.2. The fourth-order valence-corrected chi connectivity index (χ4v) is 9.00. The van der Waals surface area contributed by atoms with E-state index in [1.54, 1.807) is 20.0 Å². The molecule has 4 aromatic rings.